The second kappa shape index (κ2) is 8.67. The Hall–Kier alpha value is -3.93. The summed E-state index contributed by atoms with van der Waals surface area (Å²) < 4.78 is 19.3. The number of halogens is 1. The van der Waals surface area contributed by atoms with Crippen LogP contribution in [0, 0.1) is 19.7 Å². The van der Waals surface area contributed by atoms with Gasteiger partial charge in [-0.3, -0.25) is 9.59 Å². The lowest BCUT2D eigenvalue weighted by atomic mass is 9.97. The van der Waals surface area contributed by atoms with Crippen LogP contribution in [-0.2, 0) is 9.59 Å². The molecular weight excluding hydrogens is 407 g/mol. The van der Waals surface area contributed by atoms with E-state index in [1.807, 2.05) is 39.0 Å². The first-order valence-electron chi connectivity index (χ1n) is 10.3. The van der Waals surface area contributed by atoms with Crippen molar-refractivity contribution in [1.29, 1.82) is 0 Å². The van der Waals surface area contributed by atoms with E-state index in [9.17, 15) is 14.0 Å². The molecule has 0 aromatic heterocycles. The number of aryl methyl sites for hydroxylation is 2. The Balaban J connectivity index is 1.84. The fourth-order valence-corrected chi connectivity index (χ4v) is 3.81. The van der Waals surface area contributed by atoms with Gasteiger partial charge in [0.15, 0.2) is 0 Å². The number of benzene rings is 3. The summed E-state index contributed by atoms with van der Waals surface area (Å²) in [6.45, 7) is 6.18. The van der Waals surface area contributed by atoms with Crippen LogP contribution in [0.3, 0.4) is 0 Å². The van der Waals surface area contributed by atoms with Crippen molar-refractivity contribution in [2.45, 2.75) is 20.8 Å². The minimum absolute atomic E-state index is 0.106. The number of imide groups is 1. The van der Waals surface area contributed by atoms with Gasteiger partial charge in [0.05, 0.1) is 17.9 Å². The molecule has 0 saturated heterocycles. The van der Waals surface area contributed by atoms with E-state index in [1.165, 1.54) is 12.1 Å². The fraction of sp³-hybridized carbons (Fsp3) is 0.154. The molecule has 0 spiro atoms. The average Bonchev–Trinajstić information content (AvgIpc) is 2.98. The van der Waals surface area contributed by atoms with Crippen molar-refractivity contribution in [2.24, 2.45) is 0 Å². The van der Waals surface area contributed by atoms with Crippen LogP contribution in [0.5, 0.6) is 5.75 Å². The molecule has 5 nitrogen and oxygen atoms in total. The zero-order chi connectivity index (χ0) is 22.8. The monoisotopic (exact) mass is 430 g/mol. The number of amides is 2. The molecule has 6 heteroatoms. The number of carbonyl (C=O) groups excluding carboxylic acids is 2. The topological polar surface area (TPSA) is 58.6 Å². The van der Waals surface area contributed by atoms with Crippen molar-refractivity contribution in [3.63, 3.8) is 0 Å². The molecule has 3 aromatic carbocycles. The molecule has 162 valence electrons. The average molecular weight is 430 g/mol. The van der Waals surface area contributed by atoms with Crippen molar-refractivity contribution in [1.82, 2.24) is 0 Å². The maximum atomic E-state index is 13.8. The molecule has 1 aliphatic rings. The zero-order valence-electron chi connectivity index (χ0n) is 18.1. The first-order valence-corrected chi connectivity index (χ1v) is 10.3. The third-order valence-electron chi connectivity index (χ3n) is 5.22. The van der Waals surface area contributed by atoms with Gasteiger partial charge >= 0.3 is 0 Å². The summed E-state index contributed by atoms with van der Waals surface area (Å²) in [6.07, 6.45) is 0. The molecule has 0 unspecified atom stereocenters. The van der Waals surface area contributed by atoms with Crippen LogP contribution in [0.15, 0.2) is 72.4 Å². The van der Waals surface area contributed by atoms with Gasteiger partial charge in [-0.05, 0) is 62.2 Å². The molecule has 0 radical (unpaired) electrons. The normalized spacial score (nSPS) is 13.7. The number of carbonyl (C=O) groups is 2. The largest absolute Gasteiger partial charge is 0.494 e. The molecule has 0 saturated carbocycles. The smallest absolute Gasteiger partial charge is 0.282 e. The Bertz CT molecular complexity index is 1250. The number of nitrogens with zero attached hydrogens (tertiary/aromatic N) is 1. The van der Waals surface area contributed by atoms with E-state index in [-0.39, 0.29) is 11.3 Å². The third kappa shape index (κ3) is 3.99. The number of hydrogen-bond donors (Lipinski definition) is 1. The van der Waals surface area contributed by atoms with Gasteiger partial charge in [0.25, 0.3) is 11.8 Å². The molecule has 0 atom stereocenters. The van der Waals surface area contributed by atoms with E-state index >= 15 is 0 Å². The quantitative estimate of drug-likeness (QED) is 0.544. The van der Waals surface area contributed by atoms with Gasteiger partial charge < -0.3 is 10.1 Å². The first-order chi connectivity index (χ1) is 15.4. The van der Waals surface area contributed by atoms with E-state index in [0.717, 1.165) is 16.0 Å². The second-order valence-electron chi connectivity index (χ2n) is 7.58. The highest BCUT2D eigenvalue weighted by atomic mass is 19.1. The van der Waals surface area contributed by atoms with Crippen molar-refractivity contribution in [3.8, 4) is 5.75 Å². The Morgan fingerprint density at radius 3 is 2.44 bits per heavy atom. The first kappa shape index (κ1) is 21.3. The maximum absolute atomic E-state index is 13.8. The maximum Gasteiger partial charge on any atom is 0.282 e. The van der Waals surface area contributed by atoms with Gasteiger partial charge in [-0.25, -0.2) is 9.29 Å². The van der Waals surface area contributed by atoms with Gasteiger partial charge in [-0.15, -0.1) is 0 Å². The number of ether oxygens (including phenoxy) is 1. The molecule has 32 heavy (non-hydrogen) atoms. The minimum Gasteiger partial charge on any atom is -0.494 e. The van der Waals surface area contributed by atoms with E-state index in [1.54, 1.807) is 36.4 Å². The van der Waals surface area contributed by atoms with Gasteiger partial charge in [-0.2, -0.15) is 0 Å². The lowest BCUT2D eigenvalue weighted by molar-refractivity contribution is -0.120. The number of anilines is 2. The van der Waals surface area contributed by atoms with Crippen molar-refractivity contribution in [2.75, 3.05) is 16.8 Å². The summed E-state index contributed by atoms with van der Waals surface area (Å²) in [7, 11) is 0. The van der Waals surface area contributed by atoms with Gasteiger partial charge in [0.1, 0.15) is 17.3 Å². The Morgan fingerprint density at radius 1 is 0.938 bits per heavy atom. The Kier molecular flexibility index (Phi) is 5.77. The molecule has 3 aromatic rings. The molecule has 0 aliphatic carbocycles. The Labute approximate surface area is 186 Å². The van der Waals surface area contributed by atoms with Gasteiger partial charge in [0, 0.05) is 11.8 Å². The molecule has 1 aliphatic heterocycles. The third-order valence-corrected chi connectivity index (χ3v) is 5.22. The SMILES string of the molecule is CCOc1cccc(N2C(=O)C(Nc3cccc(F)c3)=C(c3ccc(C)cc3C)C2=O)c1. The van der Waals surface area contributed by atoms with Gasteiger partial charge in [0.2, 0.25) is 0 Å². The van der Waals surface area contributed by atoms with Crippen molar-refractivity contribution >= 4 is 28.8 Å². The van der Waals surface area contributed by atoms with Crippen LogP contribution in [-0.4, -0.2) is 18.4 Å². The van der Waals surface area contributed by atoms with E-state index in [4.69, 9.17) is 4.74 Å². The second-order valence-corrected chi connectivity index (χ2v) is 7.58. The molecule has 1 N–H and O–H groups in total. The number of hydrogen-bond acceptors (Lipinski definition) is 4. The van der Waals surface area contributed by atoms with E-state index in [0.29, 0.717) is 29.3 Å². The Morgan fingerprint density at radius 2 is 1.72 bits per heavy atom. The van der Waals surface area contributed by atoms with E-state index < -0.39 is 17.6 Å². The fourth-order valence-electron chi connectivity index (χ4n) is 3.81. The van der Waals surface area contributed by atoms with Crippen LogP contribution in [0.25, 0.3) is 5.57 Å². The summed E-state index contributed by atoms with van der Waals surface area (Å²) in [4.78, 5) is 28.2. The highest BCUT2D eigenvalue weighted by molar-refractivity contribution is 6.46. The lowest BCUT2D eigenvalue weighted by Crippen LogP contribution is -2.32. The number of rotatable bonds is 6. The van der Waals surface area contributed by atoms with Crippen LogP contribution >= 0.6 is 0 Å². The standard InChI is InChI=1S/C26H23FN2O3/c1-4-32-21-10-6-9-20(15-21)29-25(30)23(22-12-11-16(2)13-17(22)3)24(26(29)31)28-19-8-5-7-18(27)14-19/h5-15,28H,4H2,1-3H3. The van der Waals surface area contributed by atoms with Gasteiger partial charge in [-0.1, -0.05) is 35.9 Å². The molecule has 0 fully saturated rings. The summed E-state index contributed by atoms with van der Waals surface area (Å²) in [5, 5.41) is 2.99. The summed E-state index contributed by atoms with van der Waals surface area (Å²) in [5.41, 5.74) is 3.70. The minimum atomic E-state index is -0.511. The predicted molar refractivity (Wildman–Crippen MR) is 123 cm³/mol. The van der Waals surface area contributed by atoms with Crippen LogP contribution in [0.2, 0.25) is 0 Å². The number of nitrogens with one attached hydrogen (secondary N) is 1. The summed E-state index contributed by atoms with van der Waals surface area (Å²) in [6, 6.07) is 18.3. The molecule has 0 bridgehead atoms. The van der Waals surface area contributed by atoms with Crippen LogP contribution in [0.1, 0.15) is 23.6 Å². The molecule has 2 amide bonds. The van der Waals surface area contributed by atoms with Crippen molar-refractivity contribution in [3.05, 3.63) is 94.9 Å². The molecule has 4 rings (SSSR count). The van der Waals surface area contributed by atoms with Crippen LogP contribution in [0.4, 0.5) is 15.8 Å². The molecular formula is C26H23FN2O3. The summed E-state index contributed by atoms with van der Waals surface area (Å²) in [5.74, 6) is -0.843. The summed E-state index contributed by atoms with van der Waals surface area (Å²) >= 11 is 0. The predicted octanol–water partition coefficient (Wildman–Crippen LogP) is 5.24. The molecule has 1 heterocycles. The zero-order valence-corrected chi connectivity index (χ0v) is 18.1. The highest BCUT2D eigenvalue weighted by Crippen LogP contribution is 2.36. The van der Waals surface area contributed by atoms with E-state index in [2.05, 4.69) is 5.32 Å². The highest BCUT2D eigenvalue weighted by Gasteiger charge is 2.40. The lowest BCUT2D eigenvalue weighted by Gasteiger charge is -2.16. The van der Waals surface area contributed by atoms with Crippen LogP contribution < -0.4 is 15.0 Å². The van der Waals surface area contributed by atoms with Crippen molar-refractivity contribution < 1.29 is 18.7 Å².